The van der Waals surface area contributed by atoms with Crippen LogP contribution in [0.3, 0.4) is 0 Å². The number of benzene rings is 1. The van der Waals surface area contributed by atoms with Gasteiger partial charge in [-0.1, -0.05) is 30.4 Å². The van der Waals surface area contributed by atoms with Gasteiger partial charge in [0.25, 0.3) is 5.91 Å². The van der Waals surface area contributed by atoms with Gasteiger partial charge in [0.2, 0.25) is 0 Å². The molecule has 1 aromatic rings. The van der Waals surface area contributed by atoms with E-state index in [-0.39, 0.29) is 12.0 Å². The number of carbonyl (C=O) groups excluding carboxylic acids is 1. The predicted octanol–water partition coefficient (Wildman–Crippen LogP) is 2.62. The summed E-state index contributed by atoms with van der Waals surface area (Å²) in [6.45, 7) is 1.45. The Kier molecular flexibility index (Phi) is 3.15. The van der Waals surface area contributed by atoms with Crippen molar-refractivity contribution in [2.75, 3.05) is 18.1 Å². The number of rotatable bonds is 1. The fourth-order valence-corrected chi connectivity index (χ4v) is 2.58. The molecule has 3 rings (SSSR count). The fourth-order valence-electron chi connectivity index (χ4n) is 2.58. The van der Waals surface area contributed by atoms with Gasteiger partial charge >= 0.3 is 0 Å². The van der Waals surface area contributed by atoms with E-state index >= 15 is 0 Å². The quantitative estimate of drug-likeness (QED) is 0.758. The molecule has 0 bridgehead atoms. The number of carbonyl (C=O) groups is 1. The van der Waals surface area contributed by atoms with Crippen LogP contribution in [0.25, 0.3) is 6.08 Å². The Hall–Kier alpha value is -1.61. The molecule has 18 heavy (non-hydrogen) atoms. The molecule has 1 fully saturated rings. The first-order chi connectivity index (χ1) is 8.86. The molecular weight excluding hydrogens is 226 g/mol. The van der Waals surface area contributed by atoms with Crippen LogP contribution in [-0.2, 0) is 9.53 Å². The Morgan fingerprint density at radius 3 is 3.06 bits per heavy atom. The van der Waals surface area contributed by atoms with Crippen LogP contribution in [0.2, 0.25) is 0 Å². The number of amides is 1. The van der Waals surface area contributed by atoms with Crippen molar-refractivity contribution in [1.82, 2.24) is 0 Å². The molecule has 94 valence electrons. The Labute approximate surface area is 107 Å². The fraction of sp³-hybridized carbons (Fsp3) is 0.400. The Balaban J connectivity index is 1.91. The molecule has 1 saturated heterocycles. The molecule has 0 saturated carbocycles. The zero-order valence-electron chi connectivity index (χ0n) is 10.3. The minimum atomic E-state index is -0.240. The highest BCUT2D eigenvalue weighted by Crippen LogP contribution is 2.27. The summed E-state index contributed by atoms with van der Waals surface area (Å²) < 4.78 is 5.51. The van der Waals surface area contributed by atoms with Crippen LogP contribution in [0.5, 0.6) is 0 Å². The molecule has 0 N–H and O–H groups in total. The van der Waals surface area contributed by atoms with E-state index in [4.69, 9.17) is 4.74 Å². The van der Waals surface area contributed by atoms with Gasteiger partial charge in [-0.25, -0.2) is 0 Å². The van der Waals surface area contributed by atoms with Crippen molar-refractivity contribution in [3.05, 3.63) is 35.9 Å². The van der Waals surface area contributed by atoms with E-state index in [1.807, 2.05) is 29.2 Å². The lowest BCUT2D eigenvalue weighted by Crippen LogP contribution is -2.39. The van der Waals surface area contributed by atoms with Gasteiger partial charge in [-0.3, -0.25) is 4.79 Å². The van der Waals surface area contributed by atoms with Crippen LogP contribution in [0.15, 0.2) is 30.3 Å². The summed E-state index contributed by atoms with van der Waals surface area (Å²) in [7, 11) is 0. The lowest BCUT2D eigenvalue weighted by atomic mass is 10.1. The summed E-state index contributed by atoms with van der Waals surface area (Å²) in [5.74, 6) is 0.114. The number of hydrogen-bond acceptors (Lipinski definition) is 2. The average molecular weight is 243 g/mol. The lowest BCUT2D eigenvalue weighted by molar-refractivity contribution is -0.127. The van der Waals surface area contributed by atoms with Crippen molar-refractivity contribution >= 4 is 17.7 Å². The third kappa shape index (κ3) is 2.06. The molecule has 1 amide bonds. The standard InChI is InChI=1S/C15H17NO2/c17-15(14-9-5-11-18-14)16-10-4-3-7-12-6-1-2-8-13(12)16/h1-3,6-8,14H,4-5,9-11H2. The van der Waals surface area contributed by atoms with Gasteiger partial charge in [0.15, 0.2) is 0 Å². The van der Waals surface area contributed by atoms with Crippen molar-refractivity contribution in [2.45, 2.75) is 25.4 Å². The third-order valence-corrected chi connectivity index (χ3v) is 3.52. The molecule has 0 aliphatic carbocycles. The first kappa shape index (κ1) is 11.5. The number of hydrogen-bond donors (Lipinski definition) is 0. The Bertz CT molecular complexity index is 475. The molecule has 2 heterocycles. The SMILES string of the molecule is O=C(C1CCCO1)N1CCC=Cc2ccccc21. The van der Waals surface area contributed by atoms with Crippen LogP contribution in [0.4, 0.5) is 5.69 Å². The van der Waals surface area contributed by atoms with Crippen LogP contribution in [0, 0.1) is 0 Å². The molecule has 0 aromatic heterocycles. The highest BCUT2D eigenvalue weighted by atomic mass is 16.5. The van der Waals surface area contributed by atoms with Crippen molar-refractivity contribution in [3.63, 3.8) is 0 Å². The molecule has 3 nitrogen and oxygen atoms in total. The average Bonchev–Trinajstić information content (AvgIpc) is 2.85. The van der Waals surface area contributed by atoms with E-state index in [0.717, 1.165) is 37.1 Å². The van der Waals surface area contributed by atoms with Gasteiger partial charge < -0.3 is 9.64 Å². The number of nitrogens with zero attached hydrogens (tertiary/aromatic N) is 1. The van der Waals surface area contributed by atoms with Crippen molar-refractivity contribution in [3.8, 4) is 0 Å². The second-order valence-corrected chi connectivity index (χ2v) is 4.74. The maximum Gasteiger partial charge on any atom is 0.256 e. The van der Waals surface area contributed by atoms with E-state index in [1.54, 1.807) is 0 Å². The molecule has 1 aromatic carbocycles. The van der Waals surface area contributed by atoms with Gasteiger partial charge in [0.05, 0.1) is 5.69 Å². The maximum atomic E-state index is 12.5. The van der Waals surface area contributed by atoms with Crippen molar-refractivity contribution in [2.24, 2.45) is 0 Å². The molecule has 0 radical (unpaired) electrons. The molecule has 3 heteroatoms. The second kappa shape index (κ2) is 4.94. The first-order valence-electron chi connectivity index (χ1n) is 6.55. The van der Waals surface area contributed by atoms with E-state index in [0.29, 0.717) is 6.61 Å². The minimum absolute atomic E-state index is 0.114. The van der Waals surface area contributed by atoms with E-state index in [2.05, 4.69) is 12.2 Å². The molecule has 1 atom stereocenters. The van der Waals surface area contributed by atoms with E-state index < -0.39 is 0 Å². The highest BCUT2D eigenvalue weighted by molar-refractivity contribution is 5.98. The summed E-state index contributed by atoms with van der Waals surface area (Å²) in [4.78, 5) is 14.4. The van der Waals surface area contributed by atoms with E-state index in [1.165, 1.54) is 0 Å². The summed E-state index contributed by atoms with van der Waals surface area (Å²) in [6.07, 6.45) is 6.72. The van der Waals surface area contributed by atoms with Crippen molar-refractivity contribution < 1.29 is 9.53 Å². The number of anilines is 1. The van der Waals surface area contributed by atoms with Crippen LogP contribution in [-0.4, -0.2) is 25.2 Å². The van der Waals surface area contributed by atoms with Crippen LogP contribution in [0.1, 0.15) is 24.8 Å². The van der Waals surface area contributed by atoms with Gasteiger partial charge in [0, 0.05) is 13.2 Å². The van der Waals surface area contributed by atoms with Gasteiger partial charge in [-0.15, -0.1) is 0 Å². The summed E-state index contributed by atoms with van der Waals surface area (Å²) in [6, 6.07) is 8.04. The predicted molar refractivity (Wildman–Crippen MR) is 71.4 cm³/mol. The number of ether oxygens (including phenoxy) is 1. The van der Waals surface area contributed by atoms with Crippen LogP contribution >= 0.6 is 0 Å². The Morgan fingerprint density at radius 2 is 2.22 bits per heavy atom. The smallest absolute Gasteiger partial charge is 0.256 e. The number of fused-ring (bicyclic) bond motifs is 1. The van der Waals surface area contributed by atoms with Crippen LogP contribution < -0.4 is 4.90 Å². The third-order valence-electron chi connectivity index (χ3n) is 3.52. The topological polar surface area (TPSA) is 29.5 Å². The largest absolute Gasteiger partial charge is 0.368 e. The summed E-state index contributed by atoms with van der Waals surface area (Å²) in [5.41, 5.74) is 2.12. The Morgan fingerprint density at radius 1 is 1.33 bits per heavy atom. The molecule has 0 spiro atoms. The van der Waals surface area contributed by atoms with Crippen molar-refractivity contribution in [1.29, 1.82) is 0 Å². The second-order valence-electron chi connectivity index (χ2n) is 4.74. The normalized spacial score (nSPS) is 22.7. The number of para-hydroxylation sites is 1. The monoisotopic (exact) mass is 243 g/mol. The van der Waals surface area contributed by atoms with Gasteiger partial charge in [0.1, 0.15) is 6.10 Å². The summed E-state index contributed by atoms with van der Waals surface area (Å²) >= 11 is 0. The van der Waals surface area contributed by atoms with E-state index in [9.17, 15) is 4.79 Å². The molecule has 1 unspecified atom stereocenters. The minimum Gasteiger partial charge on any atom is -0.368 e. The van der Waals surface area contributed by atoms with Gasteiger partial charge in [-0.05, 0) is 30.9 Å². The molecule has 2 aliphatic rings. The van der Waals surface area contributed by atoms with Gasteiger partial charge in [-0.2, -0.15) is 0 Å². The first-order valence-corrected chi connectivity index (χ1v) is 6.55. The zero-order chi connectivity index (χ0) is 12.4. The zero-order valence-corrected chi connectivity index (χ0v) is 10.3. The summed E-state index contributed by atoms with van der Waals surface area (Å²) in [5, 5.41) is 0. The lowest BCUT2D eigenvalue weighted by Gasteiger charge is -2.25. The highest BCUT2D eigenvalue weighted by Gasteiger charge is 2.29. The molecular formula is C15H17NO2. The molecule has 2 aliphatic heterocycles. The maximum absolute atomic E-state index is 12.5.